The number of furan rings is 1. The number of aromatic nitrogens is 3. The van der Waals surface area contributed by atoms with Crippen LogP contribution in [0.3, 0.4) is 0 Å². The van der Waals surface area contributed by atoms with Gasteiger partial charge in [0.2, 0.25) is 11.4 Å². The van der Waals surface area contributed by atoms with Crippen molar-refractivity contribution in [3.8, 4) is 22.0 Å². The van der Waals surface area contributed by atoms with Crippen LogP contribution in [0.25, 0.3) is 44.0 Å². The van der Waals surface area contributed by atoms with E-state index in [1.807, 2.05) is 13.0 Å². The Hall–Kier alpha value is -3.05. The molecule has 5 rings (SSSR count). The third-order valence-corrected chi connectivity index (χ3v) is 6.32. The minimum absolute atomic E-state index is 0.699. The van der Waals surface area contributed by atoms with Gasteiger partial charge in [0.1, 0.15) is 14.1 Å². The van der Waals surface area contributed by atoms with Gasteiger partial charge in [-0.15, -0.1) is 0 Å². The van der Waals surface area contributed by atoms with Gasteiger partial charge in [-0.2, -0.15) is 9.13 Å². The van der Waals surface area contributed by atoms with Crippen LogP contribution in [0, 0.1) is 13.8 Å². The molecule has 0 N–H and O–H groups in total. The van der Waals surface area contributed by atoms with Gasteiger partial charge in [0, 0.05) is 28.6 Å². The lowest BCUT2D eigenvalue weighted by Gasteiger charge is -2.06. The number of hydrogen-bond donors (Lipinski definition) is 0. The minimum Gasteiger partial charge on any atom is -0.437 e. The number of nitrogens with zero attached hydrogens (tertiary/aromatic N) is 3. The van der Waals surface area contributed by atoms with E-state index in [2.05, 4.69) is 83.1 Å². The minimum atomic E-state index is 0.699. The molecule has 28 heavy (non-hydrogen) atoms. The molecule has 0 spiro atoms. The number of rotatable bonds is 2. The Bertz CT molecular complexity index is 1360. The topological polar surface area (TPSA) is 33.8 Å². The van der Waals surface area contributed by atoms with Crippen molar-refractivity contribution in [2.45, 2.75) is 13.8 Å². The van der Waals surface area contributed by atoms with Crippen molar-refractivity contribution in [3.63, 3.8) is 0 Å². The molecule has 4 aromatic heterocycles. The first-order chi connectivity index (χ1) is 13.5. The Morgan fingerprint density at radius 1 is 0.929 bits per heavy atom. The first-order valence-corrected chi connectivity index (χ1v) is 10.1. The third-order valence-electron chi connectivity index (χ3n) is 5.35. The Morgan fingerprint density at radius 2 is 1.71 bits per heavy atom. The normalized spacial score (nSPS) is 11.6. The van der Waals surface area contributed by atoms with Gasteiger partial charge in [-0.25, -0.2) is 4.98 Å². The second kappa shape index (κ2) is 6.24. The summed E-state index contributed by atoms with van der Waals surface area (Å²) in [4.78, 5) is 4.59. The largest absolute Gasteiger partial charge is 0.437 e. The second-order valence-electron chi connectivity index (χ2n) is 7.22. The first kappa shape index (κ1) is 17.1. The van der Waals surface area contributed by atoms with E-state index in [0.717, 1.165) is 33.3 Å². The highest BCUT2D eigenvalue weighted by atomic mass is 32.1. The zero-order valence-corrected chi connectivity index (χ0v) is 17.2. The fraction of sp³-hybridized carbons (Fsp3) is 0.174. The van der Waals surface area contributed by atoms with Gasteiger partial charge >= 0.3 is 5.01 Å². The van der Waals surface area contributed by atoms with E-state index in [9.17, 15) is 0 Å². The molecule has 0 bridgehead atoms. The standard InChI is InChI=1S/C23H21N3OS/c1-14-8-10-16-17-11-9-15(2)24-22(17)27-21(16)20(14)18-6-5-7-19(26(18)4)23-25(3)12-13-28-23/h5-13H,1-4H3/q+2. The van der Waals surface area contributed by atoms with Gasteiger partial charge in [0.15, 0.2) is 11.8 Å². The van der Waals surface area contributed by atoms with Crippen molar-refractivity contribution in [1.82, 2.24) is 4.98 Å². The Balaban J connectivity index is 1.84. The van der Waals surface area contributed by atoms with Gasteiger partial charge < -0.3 is 4.42 Å². The number of fused-ring (bicyclic) bond motifs is 3. The fourth-order valence-electron chi connectivity index (χ4n) is 3.86. The van der Waals surface area contributed by atoms with E-state index in [0.29, 0.717) is 5.71 Å². The molecule has 4 nitrogen and oxygen atoms in total. The molecule has 5 heteroatoms. The average molecular weight is 388 g/mol. The first-order valence-electron chi connectivity index (χ1n) is 9.27. The van der Waals surface area contributed by atoms with Crippen LogP contribution in [-0.4, -0.2) is 4.98 Å². The van der Waals surface area contributed by atoms with Crippen molar-refractivity contribution in [3.05, 3.63) is 65.3 Å². The number of pyridine rings is 2. The van der Waals surface area contributed by atoms with Crippen LogP contribution in [-0.2, 0) is 14.1 Å². The smallest absolute Gasteiger partial charge is 0.334 e. The molecule has 0 aliphatic rings. The van der Waals surface area contributed by atoms with Gasteiger partial charge in [-0.3, -0.25) is 0 Å². The lowest BCUT2D eigenvalue weighted by atomic mass is 10.0. The van der Waals surface area contributed by atoms with Gasteiger partial charge in [-0.1, -0.05) is 23.5 Å². The summed E-state index contributed by atoms with van der Waals surface area (Å²) in [6, 6.07) is 14.9. The molecule has 5 aromatic rings. The summed E-state index contributed by atoms with van der Waals surface area (Å²) in [7, 11) is 4.20. The highest BCUT2D eigenvalue weighted by molar-refractivity contribution is 7.12. The highest BCUT2D eigenvalue weighted by Crippen LogP contribution is 2.36. The molecule has 0 aliphatic carbocycles. The summed E-state index contributed by atoms with van der Waals surface area (Å²) in [6.45, 7) is 4.13. The molecule has 1 aromatic carbocycles. The molecule has 4 heterocycles. The van der Waals surface area contributed by atoms with E-state index in [1.165, 1.54) is 16.3 Å². The zero-order valence-electron chi connectivity index (χ0n) is 16.4. The summed E-state index contributed by atoms with van der Waals surface area (Å²) >= 11 is 1.74. The van der Waals surface area contributed by atoms with Gasteiger partial charge in [0.05, 0.1) is 10.9 Å². The molecule has 0 saturated heterocycles. The predicted octanol–water partition coefficient (Wildman–Crippen LogP) is 4.64. The summed E-state index contributed by atoms with van der Waals surface area (Å²) in [5, 5.41) is 5.50. The maximum Gasteiger partial charge on any atom is 0.334 e. The van der Waals surface area contributed by atoms with Crippen molar-refractivity contribution in [2.24, 2.45) is 14.1 Å². The molecule has 0 saturated carbocycles. The average Bonchev–Trinajstić information content (AvgIpc) is 3.25. The molecular formula is C23H21N3OS+2. The van der Waals surface area contributed by atoms with Crippen molar-refractivity contribution >= 4 is 33.4 Å². The predicted molar refractivity (Wildman–Crippen MR) is 112 cm³/mol. The summed E-state index contributed by atoms with van der Waals surface area (Å²) in [5.41, 5.74) is 7.17. The quantitative estimate of drug-likeness (QED) is 0.414. The molecule has 0 amide bonds. The summed E-state index contributed by atoms with van der Waals surface area (Å²) in [5.74, 6) is 0. The van der Waals surface area contributed by atoms with Crippen LogP contribution in [0.5, 0.6) is 0 Å². The molecule has 0 fully saturated rings. The molecule has 0 aliphatic heterocycles. The third kappa shape index (κ3) is 2.47. The van der Waals surface area contributed by atoms with Gasteiger partial charge in [-0.05, 0) is 37.6 Å². The number of aryl methyl sites for hydroxylation is 3. The molecule has 0 unspecified atom stereocenters. The molecular weight excluding hydrogens is 366 g/mol. The van der Waals surface area contributed by atoms with Crippen LogP contribution < -0.4 is 9.13 Å². The van der Waals surface area contributed by atoms with Crippen molar-refractivity contribution in [1.29, 1.82) is 0 Å². The van der Waals surface area contributed by atoms with Crippen LogP contribution in [0.1, 0.15) is 11.3 Å². The fourth-order valence-corrected chi connectivity index (χ4v) is 4.78. The maximum atomic E-state index is 6.28. The van der Waals surface area contributed by atoms with Crippen molar-refractivity contribution < 1.29 is 13.6 Å². The van der Waals surface area contributed by atoms with Crippen LogP contribution >= 0.6 is 11.3 Å². The Kier molecular flexibility index (Phi) is 3.81. The number of hydrogen-bond acceptors (Lipinski definition) is 3. The second-order valence-corrected chi connectivity index (χ2v) is 8.11. The van der Waals surface area contributed by atoms with Gasteiger partial charge in [0.25, 0.3) is 5.69 Å². The van der Waals surface area contributed by atoms with E-state index in [1.54, 1.807) is 11.3 Å². The lowest BCUT2D eigenvalue weighted by Crippen LogP contribution is -2.38. The highest BCUT2D eigenvalue weighted by Gasteiger charge is 2.27. The van der Waals surface area contributed by atoms with Crippen LogP contribution in [0.15, 0.2) is 58.5 Å². The molecule has 0 radical (unpaired) electrons. The Morgan fingerprint density at radius 3 is 2.50 bits per heavy atom. The summed E-state index contributed by atoms with van der Waals surface area (Å²) < 4.78 is 10.7. The number of thiazole rings is 1. The lowest BCUT2D eigenvalue weighted by molar-refractivity contribution is -0.682. The molecule has 0 atom stereocenters. The van der Waals surface area contributed by atoms with Crippen molar-refractivity contribution in [2.75, 3.05) is 0 Å². The van der Waals surface area contributed by atoms with E-state index in [-0.39, 0.29) is 0 Å². The zero-order chi connectivity index (χ0) is 19.4. The SMILES string of the molecule is Cc1ccc2c(n1)oc1c(-c3cccc(-c4scc[n+]4C)[n+]3C)c(C)ccc12. The maximum absolute atomic E-state index is 6.28. The monoisotopic (exact) mass is 387 g/mol. The number of benzene rings is 1. The van der Waals surface area contributed by atoms with E-state index in [4.69, 9.17) is 4.42 Å². The summed E-state index contributed by atoms with van der Waals surface area (Å²) in [6.07, 6.45) is 2.09. The molecule has 138 valence electrons. The van der Waals surface area contributed by atoms with E-state index >= 15 is 0 Å². The van der Waals surface area contributed by atoms with Crippen LogP contribution in [0.4, 0.5) is 0 Å². The van der Waals surface area contributed by atoms with Crippen LogP contribution in [0.2, 0.25) is 0 Å². The Labute approximate surface area is 167 Å². The van der Waals surface area contributed by atoms with E-state index < -0.39 is 0 Å².